The number of aryl methyl sites for hydroxylation is 2. The van der Waals surface area contributed by atoms with Gasteiger partial charge in [-0.3, -0.25) is 0 Å². The highest BCUT2D eigenvalue weighted by Gasteiger charge is 2.16. The average molecular weight is 301 g/mol. The Bertz CT molecular complexity index is 695. The lowest BCUT2D eigenvalue weighted by molar-refractivity contribution is 0.463. The van der Waals surface area contributed by atoms with Crippen molar-refractivity contribution in [3.63, 3.8) is 0 Å². The van der Waals surface area contributed by atoms with Gasteiger partial charge in [-0.2, -0.15) is 0 Å². The molecule has 1 aromatic carbocycles. The molecule has 0 bridgehead atoms. The Morgan fingerprint density at radius 2 is 2.11 bits per heavy atom. The minimum atomic E-state index is -3.62. The number of aromatic nitrogens is 1. The van der Waals surface area contributed by atoms with Gasteiger partial charge in [-0.1, -0.05) is 17.7 Å². The Kier molecular flexibility index (Phi) is 3.93. The summed E-state index contributed by atoms with van der Waals surface area (Å²) in [4.78, 5) is 4.04. The number of nitrogens with zero attached hydrogens (tertiary/aromatic N) is 1. The zero-order chi connectivity index (χ0) is 14.0. The molecule has 0 saturated heterocycles. The smallest absolute Gasteiger partial charge is 0.241 e. The molecule has 19 heavy (non-hydrogen) atoms. The fourth-order valence-electron chi connectivity index (χ4n) is 1.46. The van der Waals surface area contributed by atoms with Crippen molar-refractivity contribution in [3.05, 3.63) is 46.6 Å². The molecular weight excluding hydrogens is 288 g/mol. The second-order valence-corrected chi connectivity index (χ2v) is 6.27. The van der Waals surface area contributed by atoms with Crippen LogP contribution in [0.25, 0.3) is 0 Å². The maximum atomic E-state index is 12.0. The summed E-state index contributed by atoms with van der Waals surface area (Å²) >= 11 is 5.92. The van der Waals surface area contributed by atoms with Crippen molar-refractivity contribution in [2.75, 3.05) is 0 Å². The van der Waals surface area contributed by atoms with Crippen LogP contribution < -0.4 is 4.72 Å². The van der Waals surface area contributed by atoms with Crippen LogP contribution in [0.2, 0.25) is 5.02 Å². The van der Waals surface area contributed by atoms with Gasteiger partial charge in [0.15, 0.2) is 0 Å². The molecule has 102 valence electrons. The van der Waals surface area contributed by atoms with Crippen LogP contribution in [0.4, 0.5) is 0 Å². The molecule has 5 nitrogen and oxygen atoms in total. The summed E-state index contributed by atoms with van der Waals surface area (Å²) in [5, 5.41) is 0.412. The number of nitrogens with one attached hydrogen (secondary N) is 1. The fraction of sp³-hybridized carbons (Fsp3) is 0.250. The van der Waals surface area contributed by atoms with E-state index < -0.39 is 10.0 Å². The molecule has 0 aliphatic heterocycles. The largest absolute Gasteiger partial charge is 0.445 e. The van der Waals surface area contributed by atoms with E-state index in [9.17, 15) is 8.42 Å². The molecule has 0 atom stereocenters. The van der Waals surface area contributed by atoms with Crippen LogP contribution in [0.3, 0.4) is 0 Å². The van der Waals surface area contributed by atoms with Crippen molar-refractivity contribution in [1.82, 2.24) is 9.71 Å². The molecule has 0 radical (unpaired) electrons. The van der Waals surface area contributed by atoms with E-state index in [2.05, 4.69) is 9.71 Å². The molecule has 1 N–H and O–H groups in total. The van der Waals surface area contributed by atoms with Gasteiger partial charge in [0.1, 0.15) is 5.76 Å². The summed E-state index contributed by atoms with van der Waals surface area (Å²) < 4.78 is 31.7. The summed E-state index contributed by atoms with van der Waals surface area (Å²) in [6.45, 7) is 3.55. The Balaban J connectivity index is 2.16. The predicted octanol–water partition coefficient (Wildman–Crippen LogP) is 2.42. The molecule has 0 unspecified atom stereocenters. The van der Waals surface area contributed by atoms with Crippen LogP contribution in [0, 0.1) is 13.8 Å². The first kappa shape index (κ1) is 14.0. The molecule has 2 rings (SSSR count). The van der Waals surface area contributed by atoms with Gasteiger partial charge in [-0.25, -0.2) is 18.1 Å². The molecule has 0 fully saturated rings. The molecule has 0 aliphatic carbocycles. The second-order valence-electron chi connectivity index (χ2n) is 4.10. The number of benzene rings is 1. The number of sulfonamides is 1. The minimum absolute atomic E-state index is 0.00166. The van der Waals surface area contributed by atoms with E-state index in [4.69, 9.17) is 16.0 Å². The third kappa shape index (κ3) is 3.34. The number of rotatable bonds is 4. The average Bonchev–Trinajstić information content (AvgIpc) is 2.76. The van der Waals surface area contributed by atoms with Crippen molar-refractivity contribution in [2.45, 2.75) is 25.3 Å². The van der Waals surface area contributed by atoms with Crippen LogP contribution >= 0.6 is 11.6 Å². The Hall–Kier alpha value is -1.37. The molecule has 1 heterocycles. The number of oxazole rings is 1. The Morgan fingerprint density at radius 1 is 1.37 bits per heavy atom. The maximum absolute atomic E-state index is 12.0. The van der Waals surface area contributed by atoms with Crippen LogP contribution in [-0.4, -0.2) is 13.4 Å². The highest BCUT2D eigenvalue weighted by molar-refractivity contribution is 7.89. The minimum Gasteiger partial charge on any atom is -0.445 e. The standard InChI is InChI=1S/C12H13ClN2O3S/c1-8-3-4-10(5-11(8)13)19(16,17)15-7-12-14-6-9(2)18-12/h3-6,15H,7H2,1-2H3. The van der Waals surface area contributed by atoms with E-state index in [0.29, 0.717) is 16.7 Å². The lowest BCUT2D eigenvalue weighted by Gasteiger charge is -2.06. The summed E-state index contributed by atoms with van der Waals surface area (Å²) in [7, 11) is -3.62. The molecule has 1 aromatic heterocycles. The van der Waals surface area contributed by atoms with Crippen LogP contribution in [0.5, 0.6) is 0 Å². The quantitative estimate of drug-likeness (QED) is 0.941. The van der Waals surface area contributed by atoms with Gasteiger partial charge in [0, 0.05) is 5.02 Å². The van der Waals surface area contributed by atoms with Crippen molar-refractivity contribution >= 4 is 21.6 Å². The summed E-state index contributed by atoms with van der Waals surface area (Å²) in [6, 6.07) is 4.58. The lowest BCUT2D eigenvalue weighted by Crippen LogP contribution is -2.23. The third-order valence-electron chi connectivity index (χ3n) is 2.54. The van der Waals surface area contributed by atoms with E-state index in [1.165, 1.54) is 18.3 Å². The Labute approximate surface area is 116 Å². The van der Waals surface area contributed by atoms with E-state index in [1.807, 2.05) is 6.92 Å². The molecule has 0 amide bonds. The van der Waals surface area contributed by atoms with Gasteiger partial charge in [-0.15, -0.1) is 0 Å². The molecule has 2 aromatic rings. The summed E-state index contributed by atoms with van der Waals surface area (Å²) in [6.07, 6.45) is 1.53. The van der Waals surface area contributed by atoms with Gasteiger partial charge >= 0.3 is 0 Å². The first-order valence-corrected chi connectivity index (χ1v) is 7.42. The zero-order valence-corrected chi connectivity index (χ0v) is 12.0. The summed E-state index contributed by atoms with van der Waals surface area (Å²) in [5.41, 5.74) is 0.823. The van der Waals surface area contributed by atoms with Crippen molar-refractivity contribution in [2.24, 2.45) is 0 Å². The number of halogens is 1. The van der Waals surface area contributed by atoms with Gasteiger partial charge in [-0.05, 0) is 31.5 Å². The fourth-order valence-corrected chi connectivity index (χ4v) is 2.71. The van der Waals surface area contributed by atoms with Crippen molar-refractivity contribution in [3.8, 4) is 0 Å². The highest BCUT2D eigenvalue weighted by Crippen LogP contribution is 2.20. The number of hydrogen-bond donors (Lipinski definition) is 1. The van der Waals surface area contributed by atoms with Crippen molar-refractivity contribution in [1.29, 1.82) is 0 Å². The van der Waals surface area contributed by atoms with Crippen LogP contribution in [-0.2, 0) is 16.6 Å². The van der Waals surface area contributed by atoms with Gasteiger partial charge in [0.05, 0.1) is 17.6 Å². The maximum Gasteiger partial charge on any atom is 0.241 e. The first-order chi connectivity index (χ1) is 8.88. The topological polar surface area (TPSA) is 72.2 Å². The lowest BCUT2D eigenvalue weighted by atomic mass is 10.2. The predicted molar refractivity (Wildman–Crippen MR) is 71.5 cm³/mol. The van der Waals surface area contributed by atoms with E-state index in [1.54, 1.807) is 13.0 Å². The zero-order valence-electron chi connectivity index (χ0n) is 10.5. The third-order valence-corrected chi connectivity index (χ3v) is 4.34. The van der Waals surface area contributed by atoms with Gasteiger partial charge in [0.2, 0.25) is 15.9 Å². The first-order valence-electron chi connectivity index (χ1n) is 5.55. The summed E-state index contributed by atoms with van der Waals surface area (Å²) in [5.74, 6) is 0.951. The van der Waals surface area contributed by atoms with Gasteiger partial charge < -0.3 is 4.42 Å². The van der Waals surface area contributed by atoms with E-state index >= 15 is 0 Å². The molecule has 0 aliphatic rings. The second kappa shape index (κ2) is 5.32. The Morgan fingerprint density at radius 3 is 2.68 bits per heavy atom. The molecule has 7 heteroatoms. The van der Waals surface area contributed by atoms with E-state index in [0.717, 1.165) is 5.56 Å². The van der Waals surface area contributed by atoms with Crippen LogP contribution in [0.15, 0.2) is 33.7 Å². The van der Waals surface area contributed by atoms with E-state index in [-0.39, 0.29) is 11.4 Å². The molecule has 0 spiro atoms. The normalized spacial score (nSPS) is 11.7. The number of hydrogen-bond acceptors (Lipinski definition) is 4. The molecule has 0 saturated carbocycles. The van der Waals surface area contributed by atoms with Crippen LogP contribution in [0.1, 0.15) is 17.2 Å². The molecular formula is C12H13ClN2O3S. The SMILES string of the molecule is Cc1cnc(CNS(=O)(=O)c2ccc(C)c(Cl)c2)o1. The highest BCUT2D eigenvalue weighted by atomic mass is 35.5. The van der Waals surface area contributed by atoms with Gasteiger partial charge in [0.25, 0.3) is 0 Å². The monoisotopic (exact) mass is 300 g/mol. The van der Waals surface area contributed by atoms with Crippen molar-refractivity contribution < 1.29 is 12.8 Å².